The molecule has 0 saturated carbocycles. The van der Waals surface area contributed by atoms with Gasteiger partial charge in [0.1, 0.15) is 5.82 Å². The molecule has 0 radical (unpaired) electrons. The van der Waals surface area contributed by atoms with Crippen LogP contribution >= 0.6 is 0 Å². The Morgan fingerprint density at radius 3 is 2.71 bits per heavy atom. The van der Waals surface area contributed by atoms with Gasteiger partial charge in [0.15, 0.2) is 0 Å². The Kier molecular flexibility index (Phi) is 2.34. The van der Waals surface area contributed by atoms with E-state index in [1.165, 1.54) is 29.1 Å². The van der Waals surface area contributed by atoms with E-state index in [1.54, 1.807) is 13.8 Å². The number of carbonyl (C=O) groups is 1. The Morgan fingerprint density at radius 1 is 1.47 bits per heavy atom. The van der Waals surface area contributed by atoms with Gasteiger partial charge in [-0.15, -0.1) is 0 Å². The fourth-order valence-corrected chi connectivity index (χ4v) is 1.84. The third-order valence-electron chi connectivity index (χ3n) is 3.00. The third kappa shape index (κ3) is 1.63. The van der Waals surface area contributed by atoms with Crippen LogP contribution in [0.2, 0.25) is 0 Å². The number of carboxylic acids is 1. The van der Waals surface area contributed by atoms with Crippen molar-refractivity contribution in [1.82, 2.24) is 4.68 Å². The van der Waals surface area contributed by atoms with Crippen molar-refractivity contribution < 1.29 is 14.3 Å². The lowest BCUT2D eigenvalue weighted by Crippen LogP contribution is -2.28. The number of fused-ring (bicyclic) bond motifs is 1. The minimum absolute atomic E-state index is 0.411. The summed E-state index contributed by atoms with van der Waals surface area (Å²) in [7, 11) is 0. The summed E-state index contributed by atoms with van der Waals surface area (Å²) in [6.45, 7) is 3.13. The van der Waals surface area contributed by atoms with Gasteiger partial charge in [-0.25, -0.2) is 4.39 Å². The number of hydrogen-bond acceptors (Lipinski definition) is 2. The molecule has 0 unspecified atom stereocenters. The van der Waals surface area contributed by atoms with Gasteiger partial charge in [0, 0.05) is 11.6 Å². The Bertz CT molecular complexity index is 602. The van der Waals surface area contributed by atoms with Crippen molar-refractivity contribution >= 4 is 16.9 Å². The fourth-order valence-electron chi connectivity index (χ4n) is 1.84. The Labute approximate surface area is 97.4 Å². The molecule has 5 heteroatoms. The number of rotatable bonds is 2. The third-order valence-corrected chi connectivity index (χ3v) is 3.00. The van der Waals surface area contributed by atoms with E-state index in [0.29, 0.717) is 16.5 Å². The number of hydrogen-bond donors (Lipinski definition) is 2. The van der Waals surface area contributed by atoms with Gasteiger partial charge >= 0.3 is 5.97 Å². The minimum Gasteiger partial charge on any atom is -0.481 e. The normalized spacial score (nSPS) is 11.9. The molecule has 0 amide bonds. The zero-order valence-electron chi connectivity index (χ0n) is 9.57. The summed E-state index contributed by atoms with van der Waals surface area (Å²) in [5, 5.41) is 9.72. The Hall–Kier alpha value is -2.04. The maximum atomic E-state index is 13.2. The summed E-state index contributed by atoms with van der Waals surface area (Å²) in [6, 6.07) is 4.13. The van der Waals surface area contributed by atoms with Crippen LogP contribution in [0.1, 0.15) is 19.4 Å². The maximum absolute atomic E-state index is 13.2. The number of halogens is 1. The summed E-state index contributed by atoms with van der Waals surface area (Å²) in [6.07, 6.45) is 1.53. The molecule has 2 aromatic rings. The predicted octanol–water partition coefficient (Wildman–Crippen LogP) is 1.86. The van der Waals surface area contributed by atoms with E-state index in [0.717, 1.165) is 0 Å². The van der Waals surface area contributed by atoms with E-state index in [2.05, 4.69) is 0 Å². The van der Waals surface area contributed by atoms with E-state index in [9.17, 15) is 14.3 Å². The standard InChI is InChI=1S/C12H13FN2O2/c1-12(2,11(16)17)9-6-15(14)10-4-3-7(13)5-8(9)10/h3-6H,14H2,1-2H3,(H,16,17). The van der Waals surface area contributed by atoms with Crippen LogP contribution in [0.4, 0.5) is 4.39 Å². The minimum atomic E-state index is -1.11. The van der Waals surface area contributed by atoms with Crippen LogP contribution in [0.25, 0.3) is 10.9 Å². The predicted molar refractivity (Wildman–Crippen MR) is 62.7 cm³/mol. The lowest BCUT2D eigenvalue weighted by molar-refractivity contribution is -0.142. The molecule has 0 bridgehead atoms. The van der Waals surface area contributed by atoms with Crippen molar-refractivity contribution in [2.75, 3.05) is 5.84 Å². The summed E-state index contributed by atoms with van der Waals surface area (Å²) >= 11 is 0. The van der Waals surface area contributed by atoms with E-state index in [1.807, 2.05) is 0 Å². The van der Waals surface area contributed by atoms with Crippen molar-refractivity contribution in [3.8, 4) is 0 Å². The molecule has 0 aliphatic carbocycles. The first-order chi connectivity index (χ1) is 7.84. The second-order valence-electron chi connectivity index (χ2n) is 4.54. The Balaban J connectivity index is 2.79. The smallest absolute Gasteiger partial charge is 0.313 e. The highest BCUT2D eigenvalue weighted by Crippen LogP contribution is 2.31. The Morgan fingerprint density at radius 2 is 2.12 bits per heavy atom. The monoisotopic (exact) mass is 236 g/mol. The highest BCUT2D eigenvalue weighted by Gasteiger charge is 2.32. The first-order valence-electron chi connectivity index (χ1n) is 5.13. The lowest BCUT2D eigenvalue weighted by Gasteiger charge is -2.18. The zero-order valence-corrected chi connectivity index (χ0v) is 9.57. The van der Waals surface area contributed by atoms with E-state index >= 15 is 0 Å². The molecule has 4 nitrogen and oxygen atoms in total. The van der Waals surface area contributed by atoms with Crippen LogP contribution in [-0.2, 0) is 10.2 Å². The van der Waals surface area contributed by atoms with Gasteiger partial charge in [-0.05, 0) is 37.6 Å². The molecule has 2 rings (SSSR count). The van der Waals surface area contributed by atoms with Crippen LogP contribution in [0.3, 0.4) is 0 Å². The van der Waals surface area contributed by atoms with E-state index in [-0.39, 0.29) is 0 Å². The average molecular weight is 236 g/mol. The molecule has 0 spiro atoms. The highest BCUT2D eigenvalue weighted by molar-refractivity contribution is 5.92. The molecule has 0 fully saturated rings. The quantitative estimate of drug-likeness (QED) is 0.782. The number of aromatic nitrogens is 1. The molecule has 17 heavy (non-hydrogen) atoms. The van der Waals surface area contributed by atoms with Gasteiger partial charge in [-0.2, -0.15) is 0 Å². The molecule has 0 aliphatic heterocycles. The average Bonchev–Trinajstić information content (AvgIpc) is 2.56. The topological polar surface area (TPSA) is 68.2 Å². The van der Waals surface area contributed by atoms with Crippen LogP contribution in [-0.4, -0.2) is 15.8 Å². The van der Waals surface area contributed by atoms with Crippen LogP contribution in [0, 0.1) is 5.82 Å². The first-order valence-corrected chi connectivity index (χ1v) is 5.13. The SMILES string of the molecule is CC(C)(C(=O)O)c1cn(N)c2ccc(F)cc12. The van der Waals surface area contributed by atoms with E-state index < -0.39 is 17.2 Å². The van der Waals surface area contributed by atoms with Gasteiger partial charge < -0.3 is 10.9 Å². The molecule has 1 aromatic heterocycles. The van der Waals surface area contributed by atoms with Gasteiger partial charge in [0.2, 0.25) is 0 Å². The first kappa shape index (κ1) is 11.4. The summed E-state index contributed by atoms with van der Waals surface area (Å²) in [5.74, 6) is 4.34. The number of carboxylic acid groups (broad SMARTS) is 1. The summed E-state index contributed by atoms with van der Waals surface area (Å²) < 4.78 is 14.5. The molecule has 3 N–H and O–H groups in total. The zero-order chi connectivity index (χ0) is 12.8. The molecule has 0 aliphatic rings. The maximum Gasteiger partial charge on any atom is 0.313 e. The largest absolute Gasteiger partial charge is 0.481 e. The van der Waals surface area contributed by atoms with Crippen LogP contribution in [0.15, 0.2) is 24.4 Å². The van der Waals surface area contributed by atoms with Crippen molar-refractivity contribution in [3.63, 3.8) is 0 Å². The van der Waals surface area contributed by atoms with Crippen LogP contribution in [0.5, 0.6) is 0 Å². The molecular formula is C12H13FN2O2. The second kappa shape index (κ2) is 3.48. The van der Waals surface area contributed by atoms with Gasteiger partial charge in [0.25, 0.3) is 0 Å². The van der Waals surface area contributed by atoms with Crippen molar-refractivity contribution in [3.05, 3.63) is 35.8 Å². The van der Waals surface area contributed by atoms with Crippen molar-refractivity contribution in [2.24, 2.45) is 0 Å². The fraction of sp³-hybridized carbons (Fsp3) is 0.250. The molecular weight excluding hydrogens is 223 g/mol. The van der Waals surface area contributed by atoms with Gasteiger partial charge in [0.05, 0.1) is 10.9 Å². The number of nitrogens with two attached hydrogens (primary N) is 1. The molecule has 90 valence electrons. The lowest BCUT2D eigenvalue weighted by atomic mass is 9.84. The van der Waals surface area contributed by atoms with E-state index in [4.69, 9.17) is 5.84 Å². The second-order valence-corrected chi connectivity index (χ2v) is 4.54. The number of nitrogen functional groups attached to an aromatic ring is 1. The number of benzene rings is 1. The summed E-state index contributed by atoms with van der Waals surface area (Å²) in [5.41, 5.74) is -0.00542. The molecule has 0 saturated heterocycles. The molecule has 1 aromatic carbocycles. The van der Waals surface area contributed by atoms with Gasteiger partial charge in [-0.3, -0.25) is 9.47 Å². The number of nitrogens with zero attached hydrogens (tertiary/aromatic N) is 1. The van der Waals surface area contributed by atoms with Crippen molar-refractivity contribution in [1.29, 1.82) is 0 Å². The summed E-state index contributed by atoms with van der Waals surface area (Å²) in [4.78, 5) is 11.2. The number of aliphatic carboxylic acids is 1. The highest BCUT2D eigenvalue weighted by atomic mass is 19.1. The molecule has 1 heterocycles. The van der Waals surface area contributed by atoms with Crippen LogP contribution < -0.4 is 5.84 Å². The van der Waals surface area contributed by atoms with Crippen molar-refractivity contribution in [2.45, 2.75) is 19.3 Å². The van der Waals surface area contributed by atoms with Gasteiger partial charge in [-0.1, -0.05) is 0 Å². The molecule has 0 atom stereocenters.